The maximum Gasteiger partial charge on any atom is 0.141 e. The number of hydrogen-bond donors (Lipinski definition) is 0. The number of likely N-dealkylation sites (tertiary alicyclic amines) is 1. The summed E-state index contributed by atoms with van der Waals surface area (Å²) in [5, 5.41) is 0. The summed E-state index contributed by atoms with van der Waals surface area (Å²) in [6, 6.07) is 9.93. The minimum absolute atomic E-state index is 0.0186. The predicted molar refractivity (Wildman–Crippen MR) is 51.4 cm³/mol. The minimum atomic E-state index is -0.0186. The molecule has 0 saturated carbocycles. The maximum atomic E-state index is 10.9. The van der Waals surface area contributed by atoms with Gasteiger partial charge in [0.15, 0.2) is 0 Å². The first-order valence-electron chi connectivity index (χ1n) is 4.66. The number of benzene rings is 1. The number of carbonyl (C=O) groups is 1. The Morgan fingerprint density at radius 3 is 2.38 bits per heavy atom. The van der Waals surface area contributed by atoms with Crippen molar-refractivity contribution >= 4 is 6.29 Å². The molecule has 2 rings (SSSR count). The molecule has 0 aliphatic carbocycles. The van der Waals surface area contributed by atoms with E-state index in [4.69, 9.17) is 0 Å². The summed E-state index contributed by atoms with van der Waals surface area (Å²) in [4.78, 5) is 13.1. The normalized spacial score (nSPS) is 19.1. The first-order chi connectivity index (χ1) is 6.42. The summed E-state index contributed by atoms with van der Waals surface area (Å²) in [7, 11) is 0. The molecule has 0 radical (unpaired) electrons. The molecular weight excluding hydrogens is 162 g/mol. The van der Waals surface area contributed by atoms with Crippen molar-refractivity contribution in [2.24, 2.45) is 0 Å². The van der Waals surface area contributed by atoms with Crippen LogP contribution in [0.1, 0.15) is 18.0 Å². The predicted octanol–water partition coefficient (Wildman–Crippen LogP) is 1.63. The van der Waals surface area contributed by atoms with Crippen molar-refractivity contribution in [2.75, 3.05) is 13.1 Å². The molecule has 1 saturated heterocycles. The smallest absolute Gasteiger partial charge is 0.141 e. The third kappa shape index (κ3) is 1.63. The van der Waals surface area contributed by atoms with Gasteiger partial charge in [-0.3, -0.25) is 4.90 Å². The van der Waals surface area contributed by atoms with Gasteiger partial charge in [-0.2, -0.15) is 0 Å². The number of carbonyl (C=O) groups excluding carboxylic acids is 1. The Morgan fingerprint density at radius 2 is 1.92 bits per heavy atom. The first-order valence-corrected chi connectivity index (χ1v) is 4.66. The van der Waals surface area contributed by atoms with Crippen LogP contribution >= 0.6 is 0 Å². The van der Waals surface area contributed by atoms with Crippen LogP contribution in [0.15, 0.2) is 30.3 Å². The zero-order chi connectivity index (χ0) is 9.10. The number of rotatable bonds is 3. The highest BCUT2D eigenvalue weighted by molar-refractivity contribution is 5.61. The molecule has 1 aliphatic heterocycles. The molecule has 1 atom stereocenters. The average molecular weight is 175 g/mol. The molecule has 0 spiro atoms. The van der Waals surface area contributed by atoms with Crippen LogP contribution in [0.25, 0.3) is 0 Å². The Balaban J connectivity index is 2.16. The fraction of sp³-hybridized carbons (Fsp3) is 0.364. The standard InChI is InChI=1S/C11H13NO/c13-9-11(12-7-4-8-12)10-5-2-1-3-6-10/h1-3,5-6,9,11H,4,7-8H2. The molecule has 1 aromatic rings. The van der Waals surface area contributed by atoms with Crippen LogP contribution in [-0.2, 0) is 4.79 Å². The largest absolute Gasteiger partial charge is 0.301 e. The molecule has 2 heteroatoms. The number of hydrogen-bond acceptors (Lipinski definition) is 2. The summed E-state index contributed by atoms with van der Waals surface area (Å²) in [5.74, 6) is 0. The molecule has 1 aromatic carbocycles. The van der Waals surface area contributed by atoms with Crippen molar-refractivity contribution in [2.45, 2.75) is 12.5 Å². The van der Waals surface area contributed by atoms with Crippen LogP contribution in [0.5, 0.6) is 0 Å². The second kappa shape index (κ2) is 3.71. The van der Waals surface area contributed by atoms with Crippen LogP contribution < -0.4 is 0 Å². The van der Waals surface area contributed by atoms with Gasteiger partial charge < -0.3 is 4.79 Å². The fourth-order valence-electron chi connectivity index (χ4n) is 1.64. The van der Waals surface area contributed by atoms with Gasteiger partial charge in [0, 0.05) is 13.1 Å². The van der Waals surface area contributed by atoms with Crippen molar-refractivity contribution in [1.82, 2.24) is 4.90 Å². The van der Waals surface area contributed by atoms with Crippen LogP contribution in [0.2, 0.25) is 0 Å². The second-order valence-corrected chi connectivity index (χ2v) is 3.38. The van der Waals surface area contributed by atoms with Gasteiger partial charge in [-0.15, -0.1) is 0 Å². The molecule has 2 nitrogen and oxygen atoms in total. The lowest BCUT2D eigenvalue weighted by molar-refractivity contribution is -0.114. The summed E-state index contributed by atoms with van der Waals surface area (Å²) in [6.45, 7) is 2.11. The van der Waals surface area contributed by atoms with Crippen molar-refractivity contribution in [3.05, 3.63) is 35.9 Å². The van der Waals surface area contributed by atoms with Gasteiger partial charge >= 0.3 is 0 Å². The van der Waals surface area contributed by atoms with Crippen molar-refractivity contribution in [1.29, 1.82) is 0 Å². The summed E-state index contributed by atoms with van der Waals surface area (Å²) in [5.41, 5.74) is 1.11. The van der Waals surface area contributed by atoms with E-state index in [-0.39, 0.29) is 6.04 Å². The van der Waals surface area contributed by atoms with Gasteiger partial charge in [0.25, 0.3) is 0 Å². The average Bonchev–Trinajstić information content (AvgIpc) is 2.12. The molecular formula is C11H13NO. The molecule has 1 fully saturated rings. The molecule has 1 unspecified atom stereocenters. The van der Waals surface area contributed by atoms with E-state index in [0.29, 0.717) is 0 Å². The quantitative estimate of drug-likeness (QED) is 0.651. The molecule has 0 aromatic heterocycles. The van der Waals surface area contributed by atoms with Crippen LogP contribution in [0.3, 0.4) is 0 Å². The molecule has 1 heterocycles. The molecule has 13 heavy (non-hydrogen) atoms. The zero-order valence-corrected chi connectivity index (χ0v) is 7.52. The fourth-order valence-corrected chi connectivity index (χ4v) is 1.64. The highest BCUT2D eigenvalue weighted by atomic mass is 16.1. The van der Waals surface area contributed by atoms with E-state index < -0.39 is 0 Å². The lowest BCUT2D eigenvalue weighted by Gasteiger charge is -2.35. The molecule has 0 amide bonds. The first kappa shape index (κ1) is 8.45. The number of aldehydes is 1. The SMILES string of the molecule is O=CC(c1ccccc1)N1CCC1. The molecule has 0 N–H and O–H groups in total. The van der Waals surface area contributed by atoms with Gasteiger partial charge in [-0.25, -0.2) is 0 Å². The van der Waals surface area contributed by atoms with Gasteiger partial charge in [-0.05, 0) is 12.0 Å². The van der Waals surface area contributed by atoms with Gasteiger partial charge in [0.2, 0.25) is 0 Å². The van der Waals surface area contributed by atoms with E-state index >= 15 is 0 Å². The highest BCUT2D eigenvalue weighted by Gasteiger charge is 2.24. The Kier molecular flexibility index (Phi) is 2.41. The Bertz CT molecular complexity index is 279. The van der Waals surface area contributed by atoms with E-state index in [9.17, 15) is 4.79 Å². The van der Waals surface area contributed by atoms with Gasteiger partial charge in [0.05, 0.1) is 6.04 Å². The van der Waals surface area contributed by atoms with E-state index in [0.717, 1.165) is 24.9 Å². The van der Waals surface area contributed by atoms with Crippen LogP contribution in [-0.4, -0.2) is 24.3 Å². The van der Waals surface area contributed by atoms with E-state index in [2.05, 4.69) is 4.90 Å². The second-order valence-electron chi connectivity index (χ2n) is 3.38. The van der Waals surface area contributed by atoms with Gasteiger partial charge in [0.1, 0.15) is 6.29 Å². The van der Waals surface area contributed by atoms with Crippen LogP contribution in [0.4, 0.5) is 0 Å². The van der Waals surface area contributed by atoms with Crippen molar-refractivity contribution in [3.8, 4) is 0 Å². The Morgan fingerprint density at radius 1 is 1.23 bits per heavy atom. The minimum Gasteiger partial charge on any atom is -0.301 e. The highest BCUT2D eigenvalue weighted by Crippen LogP contribution is 2.23. The maximum absolute atomic E-state index is 10.9. The van der Waals surface area contributed by atoms with Crippen LogP contribution in [0, 0.1) is 0 Å². The van der Waals surface area contributed by atoms with Crippen molar-refractivity contribution < 1.29 is 4.79 Å². The lowest BCUT2D eigenvalue weighted by Crippen LogP contribution is -2.40. The third-order valence-corrected chi connectivity index (χ3v) is 2.55. The summed E-state index contributed by atoms with van der Waals surface area (Å²) in [6.07, 6.45) is 2.26. The molecule has 68 valence electrons. The summed E-state index contributed by atoms with van der Waals surface area (Å²) >= 11 is 0. The van der Waals surface area contributed by atoms with Crippen molar-refractivity contribution in [3.63, 3.8) is 0 Å². The van der Waals surface area contributed by atoms with E-state index in [1.807, 2.05) is 30.3 Å². The molecule has 0 bridgehead atoms. The Labute approximate surface area is 78.2 Å². The van der Waals surface area contributed by atoms with Gasteiger partial charge in [-0.1, -0.05) is 30.3 Å². The van der Waals surface area contributed by atoms with E-state index in [1.54, 1.807) is 0 Å². The lowest BCUT2D eigenvalue weighted by atomic mass is 10.0. The summed E-state index contributed by atoms with van der Waals surface area (Å²) < 4.78 is 0. The monoisotopic (exact) mass is 175 g/mol. The number of nitrogens with zero attached hydrogens (tertiary/aromatic N) is 1. The topological polar surface area (TPSA) is 20.3 Å². The van der Waals surface area contributed by atoms with E-state index in [1.165, 1.54) is 6.42 Å². The molecule has 1 aliphatic rings. The zero-order valence-electron chi connectivity index (χ0n) is 7.52. The third-order valence-electron chi connectivity index (χ3n) is 2.55. The Hall–Kier alpha value is -1.15.